The molecule has 3 nitrogen and oxygen atoms in total. The predicted octanol–water partition coefficient (Wildman–Crippen LogP) is 2.98. The third-order valence-corrected chi connectivity index (χ3v) is 3.30. The number of nitrogens with two attached hydrogens (primary N) is 1. The zero-order valence-corrected chi connectivity index (χ0v) is 11.9. The molecule has 0 saturated carbocycles. The van der Waals surface area contributed by atoms with Crippen LogP contribution in [0.5, 0.6) is 0 Å². The molecule has 0 bridgehead atoms. The van der Waals surface area contributed by atoms with Crippen molar-refractivity contribution >= 4 is 5.91 Å². The maximum Gasteiger partial charge on any atom is 0.249 e. The number of carbonyl (C=O) groups excluding carboxylic acids is 1. The number of rotatable bonds is 2. The first-order valence-electron chi connectivity index (χ1n) is 6.88. The van der Waals surface area contributed by atoms with Gasteiger partial charge in [0.1, 0.15) is 0 Å². The first-order valence-corrected chi connectivity index (χ1v) is 6.88. The fourth-order valence-corrected chi connectivity index (χ4v) is 2.17. The number of nitrogens with zero attached hydrogens (tertiary/aromatic N) is 1. The van der Waals surface area contributed by atoms with Crippen molar-refractivity contribution in [1.82, 2.24) is 4.57 Å². The van der Waals surface area contributed by atoms with E-state index in [0.717, 1.165) is 11.3 Å². The van der Waals surface area contributed by atoms with E-state index < -0.39 is 5.91 Å². The van der Waals surface area contributed by atoms with Crippen LogP contribution in [0.25, 0.3) is 5.69 Å². The van der Waals surface area contributed by atoms with Gasteiger partial charge in [0.2, 0.25) is 5.91 Å². The Kier molecular flexibility index (Phi) is 3.76. The standard InChI is InChI=1S/C19H14N2O/c20-19(22)18-6-2-1-5-16(18)10-7-15-8-11-17(12-9-15)21-13-3-4-14-21/h1-6,8-9,11-14H,(H2,20,22). The molecule has 0 atom stereocenters. The van der Waals surface area contributed by atoms with Crippen LogP contribution < -0.4 is 5.73 Å². The van der Waals surface area contributed by atoms with Gasteiger partial charge in [-0.25, -0.2) is 0 Å². The van der Waals surface area contributed by atoms with E-state index in [1.165, 1.54) is 0 Å². The van der Waals surface area contributed by atoms with Crippen LogP contribution in [0.15, 0.2) is 73.1 Å². The van der Waals surface area contributed by atoms with Crippen molar-refractivity contribution in [2.45, 2.75) is 0 Å². The highest BCUT2D eigenvalue weighted by Gasteiger charge is 2.04. The highest BCUT2D eigenvalue weighted by molar-refractivity contribution is 5.95. The summed E-state index contributed by atoms with van der Waals surface area (Å²) >= 11 is 0. The Bertz CT molecular complexity index is 850. The molecule has 0 unspecified atom stereocenters. The maximum atomic E-state index is 11.4. The minimum absolute atomic E-state index is 0.443. The Hall–Kier alpha value is -3.25. The summed E-state index contributed by atoms with van der Waals surface area (Å²) in [6, 6.07) is 19.0. The van der Waals surface area contributed by atoms with E-state index in [-0.39, 0.29) is 0 Å². The summed E-state index contributed by atoms with van der Waals surface area (Å²) in [7, 11) is 0. The van der Waals surface area contributed by atoms with Gasteiger partial charge in [0.25, 0.3) is 0 Å². The van der Waals surface area contributed by atoms with Gasteiger partial charge in [-0.05, 0) is 48.5 Å². The fourth-order valence-electron chi connectivity index (χ4n) is 2.17. The lowest BCUT2D eigenvalue weighted by Crippen LogP contribution is -2.12. The molecule has 22 heavy (non-hydrogen) atoms. The molecule has 0 spiro atoms. The first-order chi connectivity index (χ1) is 10.7. The molecular formula is C19H14N2O. The van der Waals surface area contributed by atoms with Gasteiger partial charge < -0.3 is 10.3 Å². The quantitative estimate of drug-likeness (QED) is 0.723. The highest BCUT2D eigenvalue weighted by Crippen LogP contribution is 2.10. The van der Waals surface area contributed by atoms with E-state index in [0.29, 0.717) is 11.1 Å². The molecule has 0 aliphatic heterocycles. The molecule has 0 aliphatic carbocycles. The van der Waals surface area contributed by atoms with E-state index in [4.69, 9.17) is 5.73 Å². The van der Waals surface area contributed by atoms with Crippen molar-refractivity contribution in [3.05, 3.63) is 89.7 Å². The van der Waals surface area contributed by atoms with Gasteiger partial charge in [0.15, 0.2) is 0 Å². The lowest BCUT2D eigenvalue weighted by molar-refractivity contribution is 0.1000. The van der Waals surface area contributed by atoms with Crippen LogP contribution in [0.3, 0.4) is 0 Å². The molecule has 3 rings (SSSR count). The van der Waals surface area contributed by atoms with Crippen LogP contribution in [0, 0.1) is 11.8 Å². The molecule has 106 valence electrons. The van der Waals surface area contributed by atoms with Crippen molar-refractivity contribution in [2.24, 2.45) is 5.73 Å². The second kappa shape index (κ2) is 6.02. The summed E-state index contributed by atoms with van der Waals surface area (Å²) < 4.78 is 2.03. The zero-order valence-electron chi connectivity index (χ0n) is 11.9. The van der Waals surface area contributed by atoms with Crippen molar-refractivity contribution in [1.29, 1.82) is 0 Å². The minimum atomic E-state index is -0.465. The van der Waals surface area contributed by atoms with Gasteiger partial charge in [0.05, 0.1) is 5.56 Å². The van der Waals surface area contributed by atoms with Crippen molar-refractivity contribution in [3.63, 3.8) is 0 Å². The second-order valence-corrected chi connectivity index (χ2v) is 4.80. The Morgan fingerprint density at radius 1 is 0.864 bits per heavy atom. The molecule has 0 fully saturated rings. The summed E-state index contributed by atoms with van der Waals surface area (Å²) in [4.78, 5) is 11.4. The van der Waals surface area contributed by atoms with Crippen LogP contribution in [0.2, 0.25) is 0 Å². The molecule has 2 aromatic carbocycles. The number of hydrogen-bond acceptors (Lipinski definition) is 1. The number of hydrogen-bond donors (Lipinski definition) is 1. The SMILES string of the molecule is NC(=O)c1ccccc1C#Cc1ccc(-n2cccc2)cc1. The summed E-state index contributed by atoms with van der Waals surface area (Å²) in [6.07, 6.45) is 3.98. The topological polar surface area (TPSA) is 48.0 Å². The Morgan fingerprint density at radius 2 is 1.55 bits per heavy atom. The third-order valence-electron chi connectivity index (χ3n) is 3.30. The molecule has 0 radical (unpaired) electrons. The van der Waals surface area contributed by atoms with Gasteiger partial charge in [-0.1, -0.05) is 24.0 Å². The van der Waals surface area contributed by atoms with Gasteiger partial charge >= 0.3 is 0 Å². The van der Waals surface area contributed by atoms with E-state index in [1.54, 1.807) is 18.2 Å². The molecule has 3 aromatic rings. The largest absolute Gasteiger partial charge is 0.366 e. The molecule has 2 N–H and O–H groups in total. The number of aromatic nitrogens is 1. The summed E-state index contributed by atoms with van der Waals surface area (Å²) in [6.45, 7) is 0. The molecule has 0 saturated heterocycles. The van der Waals surface area contributed by atoms with E-state index in [1.807, 2.05) is 59.4 Å². The van der Waals surface area contributed by atoms with Crippen LogP contribution in [-0.2, 0) is 0 Å². The van der Waals surface area contributed by atoms with Crippen molar-refractivity contribution < 1.29 is 4.79 Å². The number of primary amides is 1. The van der Waals surface area contributed by atoms with Gasteiger partial charge in [-0.15, -0.1) is 0 Å². The second-order valence-electron chi connectivity index (χ2n) is 4.80. The molecule has 1 amide bonds. The fraction of sp³-hybridized carbons (Fsp3) is 0. The minimum Gasteiger partial charge on any atom is -0.366 e. The van der Waals surface area contributed by atoms with Gasteiger partial charge in [-0.2, -0.15) is 0 Å². The Balaban J connectivity index is 1.87. The van der Waals surface area contributed by atoms with E-state index >= 15 is 0 Å². The number of carbonyl (C=O) groups is 1. The lowest BCUT2D eigenvalue weighted by atomic mass is 10.1. The van der Waals surface area contributed by atoms with Crippen molar-refractivity contribution in [3.8, 4) is 17.5 Å². The van der Waals surface area contributed by atoms with Crippen LogP contribution in [-0.4, -0.2) is 10.5 Å². The summed E-state index contributed by atoms with van der Waals surface area (Å²) in [5.41, 5.74) is 8.40. The third kappa shape index (κ3) is 2.92. The number of benzene rings is 2. The highest BCUT2D eigenvalue weighted by atomic mass is 16.1. The van der Waals surface area contributed by atoms with Gasteiger partial charge in [-0.3, -0.25) is 4.79 Å². The maximum absolute atomic E-state index is 11.4. The molecule has 3 heteroatoms. The average molecular weight is 286 g/mol. The normalized spacial score (nSPS) is 9.82. The summed E-state index contributed by atoms with van der Waals surface area (Å²) in [5, 5.41) is 0. The smallest absolute Gasteiger partial charge is 0.249 e. The molecule has 0 aliphatic rings. The predicted molar refractivity (Wildman–Crippen MR) is 86.7 cm³/mol. The lowest BCUT2D eigenvalue weighted by Gasteiger charge is -2.02. The Labute approximate surface area is 129 Å². The van der Waals surface area contributed by atoms with E-state index in [9.17, 15) is 4.79 Å². The van der Waals surface area contributed by atoms with Gasteiger partial charge in [0, 0.05) is 29.2 Å². The number of amides is 1. The molecule has 1 heterocycles. The first kappa shape index (κ1) is 13.7. The van der Waals surface area contributed by atoms with Crippen molar-refractivity contribution in [2.75, 3.05) is 0 Å². The van der Waals surface area contributed by atoms with Crippen LogP contribution >= 0.6 is 0 Å². The van der Waals surface area contributed by atoms with Crippen LogP contribution in [0.4, 0.5) is 0 Å². The van der Waals surface area contributed by atoms with E-state index in [2.05, 4.69) is 11.8 Å². The molecular weight excluding hydrogens is 272 g/mol. The zero-order chi connectivity index (χ0) is 15.4. The average Bonchev–Trinajstić information content (AvgIpc) is 3.08. The summed E-state index contributed by atoms with van der Waals surface area (Å²) in [5.74, 6) is 5.60. The Morgan fingerprint density at radius 3 is 2.23 bits per heavy atom. The van der Waals surface area contributed by atoms with Crippen LogP contribution in [0.1, 0.15) is 21.5 Å². The molecule has 1 aromatic heterocycles. The monoisotopic (exact) mass is 286 g/mol.